The molecule has 2 bridgehead atoms. The Balaban J connectivity index is 1.61. The van der Waals surface area contributed by atoms with Crippen LogP contribution in [-0.2, 0) is 20.7 Å². The van der Waals surface area contributed by atoms with E-state index in [1.54, 1.807) is 6.07 Å². The number of hydrogen-bond donors (Lipinski definition) is 0. The third-order valence-corrected chi connectivity index (χ3v) is 5.60. The Morgan fingerprint density at radius 2 is 2.17 bits per heavy atom. The monoisotopic (exact) mass is 315 g/mol. The van der Waals surface area contributed by atoms with Gasteiger partial charge in [-0.25, -0.2) is 4.79 Å². The molecule has 3 aliphatic heterocycles. The van der Waals surface area contributed by atoms with Crippen LogP contribution in [-0.4, -0.2) is 37.7 Å². The van der Waals surface area contributed by atoms with Gasteiger partial charge in [-0.2, -0.15) is 0 Å². The van der Waals surface area contributed by atoms with Crippen molar-refractivity contribution >= 4 is 17.6 Å². The molecule has 0 unspecified atom stereocenters. The topological polar surface area (TPSA) is 55.8 Å². The van der Waals surface area contributed by atoms with Gasteiger partial charge in [0.15, 0.2) is 0 Å². The number of amides is 1. The average molecular weight is 315 g/mol. The van der Waals surface area contributed by atoms with Crippen molar-refractivity contribution in [2.24, 2.45) is 5.41 Å². The molecule has 23 heavy (non-hydrogen) atoms. The average Bonchev–Trinajstić information content (AvgIpc) is 3.26. The number of carbonyl (C=O) groups excluding carboxylic acids is 2. The van der Waals surface area contributed by atoms with Gasteiger partial charge < -0.3 is 14.4 Å². The highest BCUT2D eigenvalue weighted by Crippen LogP contribution is 2.49. The predicted octanol–water partition coefficient (Wildman–Crippen LogP) is 2.32. The van der Waals surface area contributed by atoms with Gasteiger partial charge in [-0.15, -0.1) is 0 Å². The van der Waals surface area contributed by atoms with Crippen molar-refractivity contribution < 1.29 is 19.1 Å². The number of rotatable bonds is 2. The summed E-state index contributed by atoms with van der Waals surface area (Å²) in [7, 11) is 1.38. The normalized spacial score (nSPS) is 31.3. The SMILES string of the molecule is COC(=O)c1ccc2c(c1)CCN2C(=O)[C@@]1(C)C[C@H]2CC[C@H]1O2. The lowest BCUT2D eigenvalue weighted by Gasteiger charge is -2.34. The first-order valence-corrected chi connectivity index (χ1v) is 8.21. The molecule has 0 spiro atoms. The molecule has 0 N–H and O–H groups in total. The van der Waals surface area contributed by atoms with Crippen LogP contribution in [0.1, 0.15) is 42.1 Å². The molecule has 1 aromatic carbocycles. The Morgan fingerprint density at radius 3 is 2.83 bits per heavy atom. The summed E-state index contributed by atoms with van der Waals surface area (Å²) < 4.78 is 10.7. The molecule has 2 fully saturated rings. The van der Waals surface area contributed by atoms with E-state index in [9.17, 15) is 9.59 Å². The molecule has 1 aromatic rings. The van der Waals surface area contributed by atoms with E-state index in [1.165, 1.54) is 7.11 Å². The number of carbonyl (C=O) groups is 2. The summed E-state index contributed by atoms with van der Waals surface area (Å²) in [6.07, 6.45) is 3.96. The second-order valence-corrected chi connectivity index (χ2v) is 6.99. The second kappa shape index (κ2) is 5.06. The first kappa shape index (κ1) is 14.7. The number of ether oxygens (including phenoxy) is 2. The minimum Gasteiger partial charge on any atom is -0.465 e. The lowest BCUT2D eigenvalue weighted by Crippen LogP contribution is -2.47. The van der Waals surface area contributed by atoms with Gasteiger partial charge >= 0.3 is 5.97 Å². The number of benzene rings is 1. The maximum atomic E-state index is 13.2. The van der Waals surface area contributed by atoms with Crippen molar-refractivity contribution in [2.75, 3.05) is 18.6 Å². The number of methoxy groups -OCH3 is 1. The summed E-state index contributed by atoms with van der Waals surface area (Å²) in [5, 5.41) is 0. The zero-order valence-corrected chi connectivity index (χ0v) is 13.5. The predicted molar refractivity (Wildman–Crippen MR) is 84.5 cm³/mol. The van der Waals surface area contributed by atoms with Crippen LogP contribution in [0.4, 0.5) is 5.69 Å². The van der Waals surface area contributed by atoms with Crippen molar-refractivity contribution in [3.63, 3.8) is 0 Å². The summed E-state index contributed by atoms with van der Waals surface area (Å²) in [5.41, 5.74) is 2.08. The van der Waals surface area contributed by atoms with Crippen molar-refractivity contribution in [3.8, 4) is 0 Å². The maximum Gasteiger partial charge on any atom is 0.337 e. The zero-order valence-electron chi connectivity index (χ0n) is 13.5. The van der Waals surface area contributed by atoms with Gasteiger partial charge in [0, 0.05) is 12.2 Å². The molecule has 2 saturated heterocycles. The van der Waals surface area contributed by atoms with Crippen LogP contribution in [0, 0.1) is 5.41 Å². The molecular weight excluding hydrogens is 294 g/mol. The van der Waals surface area contributed by atoms with Gasteiger partial charge in [0.2, 0.25) is 5.91 Å². The zero-order chi connectivity index (χ0) is 16.2. The first-order valence-electron chi connectivity index (χ1n) is 8.21. The van der Waals surface area contributed by atoms with Crippen LogP contribution in [0.3, 0.4) is 0 Å². The first-order chi connectivity index (χ1) is 11.0. The lowest BCUT2D eigenvalue weighted by atomic mass is 9.74. The molecule has 3 aliphatic rings. The van der Waals surface area contributed by atoms with Crippen molar-refractivity contribution in [1.82, 2.24) is 0 Å². The van der Waals surface area contributed by atoms with Crippen LogP contribution >= 0.6 is 0 Å². The van der Waals surface area contributed by atoms with E-state index in [4.69, 9.17) is 9.47 Å². The molecule has 122 valence electrons. The molecule has 0 aromatic heterocycles. The highest BCUT2D eigenvalue weighted by Gasteiger charge is 2.55. The third kappa shape index (κ3) is 2.10. The van der Waals surface area contributed by atoms with E-state index in [0.717, 1.165) is 36.9 Å². The Hall–Kier alpha value is -1.88. The fourth-order valence-electron chi connectivity index (χ4n) is 4.32. The van der Waals surface area contributed by atoms with Crippen LogP contribution < -0.4 is 4.90 Å². The number of anilines is 1. The van der Waals surface area contributed by atoms with Gasteiger partial charge in [-0.1, -0.05) is 0 Å². The Kier molecular flexibility index (Phi) is 3.23. The van der Waals surface area contributed by atoms with E-state index < -0.39 is 5.41 Å². The molecular formula is C18H21NO4. The Morgan fingerprint density at radius 1 is 1.35 bits per heavy atom. The van der Waals surface area contributed by atoms with Crippen LogP contribution in [0.2, 0.25) is 0 Å². The highest BCUT2D eigenvalue weighted by molar-refractivity contribution is 6.00. The molecule has 4 rings (SSSR count). The van der Waals surface area contributed by atoms with E-state index in [1.807, 2.05) is 24.0 Å². The van der Waals surface area contributed by atoms with Gasteiger partial charge in [0.25, 0.3) is 0 Å². The molecule has 1 amide bonds. The molecule has 0 radical (unpaired) electrons. The Labute approximate surface area is 135 Å². The number of hydrogen-bond acceptors (Lipinski definition) is 4. The largest absolute Gasteiger partial charge is 0.465 e. The fourth-order valence-corrected chi connectivity index (χ4v) is 4.32. The summed E-state index contributed by atoms with van der Waals surface area (Å²) in [6, 6.07) is 5.44. The molecule has 3 heterocycles. The molecule has 5 nitrogen and oxygen atoms in total. The molecule has 0 aliphatic carbocycles. The van der Waals surface area contributed by atoms with Gasteiger partial charge in [-0.3, -0.25) is 4.79 Å². The minimum atomic E-state index is -0.411. The van der Waals surface area contributed by atoms with Crippen LogP contribution in [0.5, 0.6) is 0 Å². The minimum absolute atomic E-state index is 0.0541. The molecule has 0 saturated carbocycles. The number of esters is 1. The van der Waals surface area contributed by atoms with E-state index in [-0.39, 0.29) is 24.1 Å². The Bertz CT molecular complexity index is 686. The lowest BCUT2D eigenvalue weighted by molar-refractivity contribution is -0.130. The smallest absolute Gasteiger partial charge is 0.337 e. The molecule has 5 heteroatoms. The summed E-state index contributed by atoms with van der Waals surface area (Å²) in [4.78, 5) is 26.7. The van der Waals surface area contributed by atoms with Crippen molar-refractivity contribution in [3.05, 3.63) is 29.3 Å². The van der Waals surface area contributed by atoms with Gasteiger partial charge in [0.1, 0.15) is 0 Å². The van der Waals surface area contributed by atoms with Crippen LogP contribution in [0.25, 0.3) is 0 Å². The van der Waals surface area contributed by atoms with E-state index >= 15 is 0 Å². The van der Waals surface area contributed by atoms with E-state index in [0.29, 0.717) is 12.1 Å². The van der Waals surface area contributed by atoms with Gasteiger partial charge in [-0.05, 0) is 56.4 Å². The standard InChI is InChI=1S/C18H21NO4/c1-18(10-13-4-6-15(18)23-13)17(21)19-8-7-11-9-12(16(20)22-2)3-5-14(11)19/h3,5,9,13,15H,4,6-8,10H2,1-2H3/t13-,15-,18+/m1/s1. The van der Waals surface area contributed by atoms with Crippen molar-refractivity contribution in [1.29, 1.82) is 0 Å². The fraction of sp³-hybridized carbons (Fsp3) is 0.556. The van der Waals surface area contributed by atoms with E-state index in [2.05, 4.69) is 0 Å². The second-order valence-electron chi connectivity index (χ2n) is 6.99. The van der Waals surface area contributed by atoms with Crippen LogP contribution in [0.15, 0.2) is 18.2 Å². The number of fused-ring (bicyclic) bond motifs is 3. The molecule has 3 atom stereocenters. The quantitative estimate of drug-likeness (QED) is 0.786. The highest BCUT2D eigenvalue weighted by atomic mass is 16.5. The third-order valence-electron chi connectivity index (χ3n) is 5.60. The van der Waals surface area contributed by atoms with Gasteiger partial charge in [0.05, 0.1) is 30.3 Å². The number of nitrogens with zero attached hydrogens (tertiary/aromatic N) is 1. The maximum absolute atomic E-state index is 13.2. The summed E-state index contributed by atoms with van der Waals surface area (Å²) >= 11 is 0. The summed E-state index contributed by atoms with van der Waals surface area (Å²) in [5.74, 6) is -0.180. The summed E-state index contributed by atoms with van der Waals surface area (Å²) in [6.45, 7) is 2.71. The van der Waals surface area contributed by atoms with Crippen molar-refractivity contribution in [2.45, 2.75) is 44.8 Å².